The van der Waals surface area contributed by atoms with E-state index in [9.17, 15) is 0 Å². The Labute approximate surface area is 143 Å². The van der Waals surface area contributed by atoms with Crippen LogP contribution in [0.1, 0.15) is 19.4 Å². The SMILES string of the molecule is CCN(CC)C(N)=NCc1ccc(Oc2ccccc2OC)cc1. The largest absolute Gasteiger partial charge is 0.493 e. The third kappa shape index (κ3) is 4.65. The molecule has 0 saturated carbocycles. The van der Waals surface area contributed by atoms with Gasteiger partial charge in [-0.2, -0.15) is 0 Å². The molecule has 128 valence electrons. The second kappa shape index (κ2) is 8.82. The van der Waals surface area contributed by atoms with E-state index >= 15 is 0 Å². The lowest BCUT2D eigenvalue weighted by Gasteiger charge is -2.19. The number of hydrogen-bond acceptors (Lipinski definition) is 3. The Hall–Kier alpha value is -2.69. The molecule has 0 aromatic heterocycles. The molecular formula is C19H25N3O2. The van der Waals surface area contributed by atoms with E-state index in [1.54, 1.807) is 7.11 Å². The summed E-state index contributed by atoms with van der Waals surface area (Å²) in [6, 6.07) is 15.4. The van der Waals surface area contributed by atoms with Crippen LogP contribution in [-0.4, -0.2) is 31.1 Å². The van der Waals surface area contributed by atoms with Gasteiger partial charge in [0.1, 0.15) is 5.75 Å². The van der Waals surface area contributed by atoms with Crippen LogP contribution in [0.15, 0.2) is 53.5 Å². The number of para-hydroxylation sites is 2. The highest BCUT2D eigenvalue weighted by atomic mass is 16.5. The van der Waals surface area contributed by atoms with Gasteiger partial charge in [-0.15, -0.1) is 0 Å². The van der Waals surface area contributed by atoms with Gasteiger partial charge in [0.15, 0.2) is 17.5 Å². The first-order chi connectivity index (χ1) is 11.7. The van der Waals surface area contributed by atoms with E-state index in [2.05, 4.69) is 18.8 Å². The first-order valence-corrected chi connectivity index (χ1v) is 8.12. The van der Waals surface area contributed by atoms with E-state index in [-0.39, 0.29) is 0 Å². The average molecular weight is 327 g/mol. The fourth-order valence-corrected chi connectivity index (χ4v) is 2.31. The maximum absolute atomic E-state index is 5.99. The summed E-state index contributed by atoms with van der Waals surface area (Å²) in [5, 5.41) is 0. The van der Waals surface area contributed by atoms with Gasteiger partial charge in [0.2, 0.25) is 0 Å². The fourth-order valence-electron chi connectivity index (χ4n) is 2.31. The number of nitrogens with two attached hydrogens (primary N) is 1. The normalized spacial score (nSPS) is 11.2. The molecule has 0 saturated heterocycles. The van der Waals surface area contributed by atoms with Gasteiger partial charge < -0.3 is 20.1 Å². The van der Waals surface area contributed by atoms with Crippen LogP contribution in [-0.2, 0) is 6.54 Å². The molecule has 2 aromatic carbocycles. The van der Waals surface area contributed by atoms with Crippen molar-refractivity contribution in [3.8, 4) is 17.2 Å². The number of methoxy groups -OCH3 is 1. The summed E-state index contributed by atoms with van der Waals surface area (Å²) in [4.78, 5) is 6.46. The second-order valence-electron chi connectivity index (χ2n) is 5.24. The van der Waals surface area contributed by atoms with Crippen molar-refractivity contribution in [2.24, 2.45) is 10.7 Å². The molecule has 5 nitrogen and oxygen atoms in total. The quantitative estimate of drug-likeness (QED) is 0.623. The minimum Gasteiger partial charge on any atom is -0.493 e. The van der Waals surface area contributed by atoms with Crippen molar-refractivity contribution in [3.05, 3.63) is 54.1 Å². The molecule has 24 heavy (non-hydrogen) atoms. The number of benzene rings is 2. The van der Waals surface area contributed by atoms with Crippen molar-refractivity contribution in [3.63, 3.8) is 0 Å². The van der Waals surface area contributed by atoms with Crippen molar-refractivity contribution in [2.75, 3.05) is 20.2 Å². The standard InChI is InChI=1S/C19H25N3O2/c1-4-22(5-2)19(20)21-14-15-10-12-16(13-11-15)24-18-9-7-6-8-17(18)23-3/h6-13H,4-5,14H2,1-3H3,(H2,20,21). The number of guanidine groups is 1. The highest BCUT2D eigenvalue weighted by Gasteiger charge is 2.05. The van der Waals surface area contributed by atoms with E-state index in [4.69, 9.17) is 15.2 Å². The molecule has 5 heteroatoms. The van der Waals surface area contributed by atoms with Crippen LogP contribution in [0.2, 0.25) is 0 Å². The summed E-state index contributed by atoms with van der Waals surface area (Å²) in [5.74, 6) is 2.73. The van der Waals surface area contributed by atoms with Gasteiger partial charge in [0, 0.05) is 13.1 Å². The van der Waals surface area contributed by atoms with Gasteiger partial charge in [0.05, 0.1) is 13.7 Å². The molecule has 0 atom stereocenters. The first-order valence-electron chi connectivity index (χ1n) is 8.12. The van der Waals surface area contributed by atoms with Crippen LogP contribution >= 0.6 is 0 Å². The Kier molecular flexibility index (Phi) is 6.49. The minimum absolute atomic E-state index is 0.553. The third-order valence-corrected chi connectivity index (χ3v) is 3.73. The summed E-state index contributed by atoms with van der Waals surface area (Å²) in [6.07, 6.45) is 0. The van der Waals surface area contributed by atoms with Crippen LogP contribution in [0.5, 0.6) is 17.2 Å². The molecule has 0 aliphatic heterocycles. The highest BCUT2D eigenvalue weighted by Crippen LogP contribution is 2.30. The second-order valence-corrected chi connectivity index (χ2v) is 5.24. The summed E-state index contributed by atoms with van der Waals surface area (Å²) in [6.45, 7) is 6.40. The van der Waals surface area contributed by atoms with Crippen LogP contribution in [0.25, 0.3) is 0 Å². The fraction of sp³-hybridized carbons (Fsp3) is 0.316. The van der Waals surface area contributed by atoms with Crippen LogP contribution in [0.4, 0.5) is 0 Å². The number of hydrogen-bond donors (Lipinski definition) is 1. The third-order valence-electron chi connectivity index (χ3n) is 3.73. The lowest BCUT2D eigenvalue weighted by molar-refractivity contribution is 0.379. The first kappa shape index (κ1) is 17.7. The number of ether oxygens (including phenoxy) is 2. The Morgan fingerprint density at radius 3 is 2.21 bits per heavy atom. The van der Waals surface area contributed by atoms with Crippen molar-refractivity contribution < 1.29 is 9.47 Å². The van der Waals surface area contributed by atoms with Crippen molar-refractivity contribution >= 4 is 5.96 Å². The molecular weight excluding hydrogens is 302 g/mol. The average Bonchev–Trinajstić information content (AvgIpc) is 2.62. The number of nitrogens with zero attached hydrogens (tertiary/aromatic N) is 2. The molecule has 2 aromatic rings. The van der Waals surface area contributed by atoms with E-state index in [0.29, 0.717) is 24.0 Å². The lowest BCUT2D eigenvalue weighted by atomic mass is 10.2. The minimum atomic E-state index is 0.553. The van der Waals surface area contributed by atoms with Crippen LogP contribution in [0.3, 0.4) is 0 Å². The zero-order valence-corrected chi connectivity index (χ0v) is 14.5. The molecule has 0 radical (unpaired) electrons. The molecule has 0 heterocycles. The molecule has 2 rings (SSSR count). The number of aliphatic imine (C=N–C) groups is 1. The van der Waals surface area contributed by atoms with Gasteiger partial charge in [0.25, 0.3) is 0 Å². The molecule has 0 fully saturated rings. The van der Waals surface area contributed by atoms with Crippen molar-refractivity contribution in [1.29, 1.82) is 0 Å². The topological polar surface area (TPSA) is 60.1 Å². The molecule has 0 unspecified atom stereocenters. The van der Waals surface area contributed by atoms with Crippen molar-refractivity contribution in [2.45, 2.75) is 20.4 Å². The maximum Gasteiger partial charge on any atom is 0.191 e. The Morgan fingerprint density at radius 2 is 1.62 bits per heavy atom. The molecule has 0 spiro atoms. The Balaban J connectivity index is 2.02. The van der Waals surface area contributed by atoms with E-state index < -0.39 is 0 Å². The van der Waals surface area contributed by atoms with Gasteiger partial charge in [-0.3, -0.25) is 0 Å². The molecule has 0 aliphatic carbocycles. The summed E-state index contributed by atoms with van der Waals surface area (Å²) < 4.78 is 11.1. The predicted molar refractivity (Wildman–Crippen MR) is 97.8 cm³/mol. The summed E-state index contributed by atoms with van der Waals surface area (Å²) in [7, 11) is 1.63. The van der Waals surface area contributed by atoms with Crippen LogP contribution < -0.4 is 15.2 Å². The molecule has 0 aliphatic rings. The Bertz CT molecular complexity index is 665. The number of rotatable bonds is 7. The maximum atomic E-state index is 5.99. The monoisotopic (exact) mass is 327 g/mol. The zero-order valence-electron chi connectivity index (χ0n) is 14.5. The summed E-state index contributed by atoms with van der Waals surface area (Å²) in [5.41, 5.74) is 7.07. The van der Waals surface area contributed by atoms with Crippen molar-refractivity contribution in [1.82, 2.24) is 4.90 Å². The van der Waals surface area contributed by atoms with Gasteiger partial charge in [-0.1, -0.05) is 24.3 Å². The van der Waals surface area contributed by atoms with E-state index in [1.165, 1.54) is 0 Å². The zero-order chi connectivity index (χ0) is 17.4. The smallest absolute Gasteiger partial charge is 0.191 e. The van der Waals surface area contributed by atoms with E-state index in [1.807, 2.05) is 53.4 Å². The molecule has 0 bridgehead atoms. The summed E-state index contributed by atoms with van der Waals surface area (Å²) >= 11 is 0. The van der Waals surface area contributed by atoms with Crippen LogP contribution in [0, 0.1) is 0 Å². The van der Waals surface area contributed by atoms with E-state index in [0.717, 1.165) is 24.4 Å². The van der Waals surface area contributed by atoms with Gasteiger partial charge in [-0.05, 0) is 43.7 Å². The van der Waals surface area contributed by atoms with Gasteiger partial charge in [-0.25, -0.2) is 4.99 Å². The molecule has 2 N–H and O–H groups in total. The highest BCUT2D eigenvalue weighted by molar-refractivity contribution is 5.78. The lowest BCUT2D eigenvalue weighted by Crippen LogP contribution is -2.37. The predicted octanol–water partition coefficient (Wildman–Crippen LogP) is 3.64. The molecule has 0 amide bonds. The Morgan fingerprint density at radius 1 is 1.00 bits per heavy atom. The van der Waals surface area contributed by atoms with Gasteiger partial charge >= 0.3 is 0 Å².